The third kappa shape index (κ3) is 4.62. The fraction of sp³-hybridized carbons (Fsp3) is 0.381. The molecule has 1 amide bonds. The molecule has 1 N–H and O–H groups in total. The maximum atomic E-state index is 12.6. The van der Waals surface area contributed by atoms with Crippen LogP contribution < -0.4 is 10.1 Å². The number of halogens is 1. The van der Waals surface area contributed by atoms with E-state index in [1.54, 1.807) is 11.6 Å². The van der Waals surface area contributed by atoms with Gasteiger partial charge in [-0.25, -0.2) is 0 Å². The van der Waals surface area contributed by atoms with E-state index in [-0.39, 0.29) is 18.2 Å². The Morgan fingerprint density at radius 1 is 1.24 bits per heavy atom. The third-order valence-electron chi connectivity index (χ3n) is 4.80. The number of hydrogen-bond donors (Lipinski definition) is 1. The highest BCUT2D eigenvalue weighted by atomic mass is 35.5. The van der Waals surface area contributed by atoms with Gasteiger partial charge in [-0.3, -0.25) is 9.48 Å². The van der Waals surface area contributed by atoms with Crippen molar-refractivity contribution in [1.29, 1.82) is 0 Å². The Hall–Kier alpha value is -2.80. The molecule has 1 aromatic carbocycles. The Morgan fingerprint density at radius 2 is 2.00 bits per heavy atom. The molecule has 154 valence electrons. The largest absolute Gasteiger partial charge is 0.488 e. The molecule has 0 saturated heterocycles. The fourth-order valence-electron chi connectivity index (χ4n) is 3.10. The number of aromatic nitrogens is 3. The summed E-state index contributed by atoms with van der Waals surface area (Å²) in [7, 11) is 0. The molecule has 0 bridgehead atoms. The van der Waals surface area contributed by atoms with E-state index in [0.29, 0.717) is 29.4 Å². The lowest BCUT2D eigenvalue weighted by Crippen LogP contribution is -2.29. The second kappa shape index (κ2) is 8.69. The summed E-state index contributed by atoms with van der Waals surface area (Å²) < 4.78 is 12.9. The molecule has 3 rings (SSSR count). The highest BCUT2D eigenvalue weighted by Gasteiger charge is 2.20. The number of carbonyl (C=O) groups is 1. The zero-order chi connectivity index (χ0) is 21.1. The van der Waals surface area contributed by atoms with Crippen LogP contribution in [0.25, 0.3) is 0 Å². The average Bonchev–Trinajstić information content (AvgIpc) is 3.16. The summed E-state index contributed by atoms with van der Waals surface area (Å²) >= 11 is 6.16. The molecule has 0 spiro atoms. The van der Waals surface area contributed by atoms with Crippen LogP contribution in [0.3, 0.4) is 0 Å². The van der Waals surface area contributed by atoms with Gasteiger partial charge in [-0.2, -0.15) is 5.10 Å². The Kier molecular flexibility index (Phi) is 6.27. The Morgan fingerprint density at radius 3 is 2.66 bits per heavy atom. The second-order valence-corrected chi connectivity index (χ2v) is 7.47. The monoisotopic (exact) mass is 416 g/mol. The number of benzene rings is 1. The van der Waals surface area contributed by atoms with Crippen LogP contribution >= 0.6 is 11.6 Å². The Labute approximate surface area is 175 Å². The lowest BCUT2D eigenvalue weighted by molar-refractivity contribution is 0.0940. The molecule has 0 aliphatic rings. The molecule has 0 radical (unpaired) electrons. The Bertz CT molecular complexity index is 1040. The number of ether oxygens (including phenoxy) is 1. The predicted octanol–water partition coefficient (Wildman–Crippen LogP) is 4.08. The summed E-state index contributed by atoms with van der Waals surface area (Å²) in [5, 5.41) is 11.8. The lowest BCUT2D eigenvalue weighted by atomic mass is 10.1. The van der Waals surface area contributed by atoms with Gasteiger partial charge in [0.1, 0.15) is 18.1 Å². The summed E-state index contributed by atoms with van der Waals surface area (Å²) in [6.45, 7) is 10.6. The van der Waals surface area contributed by atoms with Crippen molar-refractivity contribution in [3.63, 3.8) is 0 Å². The smallest absolute Gasteiger partial charge is 0.273 e. The summed E-state index contributed by atoms with van der Waals surface area (Å²) in [4.78, 5) is 12.6. The van der Waals surface area contributed by atoms with E-state index >= 15 is 0 Å². The van der Waals surface area contributed by atoms with Gasteiger partial charge in [0, 0.05) is 6.54 Å². The van der Waals surface area contributed by atoms with E-state index in [0.717, 1.165) is 22.7 Å². The zero-order valence-corrected chi connectivity index (χ0v) is 18.1. The SMILES string of the molecule is Cc1ccc(OCc2c(C(=O)NCCn3nc(C)c(Cl)c3C)noc2C)c(C)c1. The number of aryl methyl sites for hydroxylation is 4. The van der Waals surface area contributed by atoms with E-state index in [1.807, 2.05) is 39.8 Å². The number of rotatable bonds is 7. The lowest BCUT2D eigenvalue weighted by Gasteiger charge is -2.10. The first-order valence-electron chi connectivity index (χ1n) is 9.40. The molecule has 0 aliphatic carbocycles. The number of nitrogens with one attached hydrogen (secondary N) is 1. The summed E-state index contributed by atoms with van der Waals surface area (Å²) in [5.41, 5.74) is 4.72. The fourth-order valence-corrected chi connectivity index (χ4v) is 3.24. The minimum atomic E-state index is -0.311. The third-order valence-corrected chi connectivity index (χ3v) is 5.35. The van der Waals surface area contributed by atoms with Crippen molar-refractivity contribution in [2.24, 2.45) is 0 Å². The first-order valence-corrected chi connectivity index (χ1v) is 9.78. The van der Waals surface area contributed by atoms with Gasteiger partial charge in [0.15, 0.2) is 5.69 Å². The quantitative estimate of drug-likeness (QED) is 0.627. The minimum Gasteiger partial charge on any atom is -0.488 e. The topological polar surface area (TPSA) is 82.2 Å². The predicted molar refractivity (Wildman–Crippen MR) is 111 cm³/mol. The minimum absolute atomic E-state index is 0.203. The highest BCUT2D eigenvalue weighted by Crippen LogP contribution is 2.22. The van der Waals surface area contributed by atoms with E-state index < -0.39 is 0 Å². The summed E-state index contributed by atoms with van der Waals surface area (Å²) in [6, 6.07) is 5.96. The number of carbonyl (C=O) groups excluding carboxylic acids is 1. The molecule has 0 fully saturated rings. The van der Waals surface area contributed by atoms with Gasteiger partial charge in [0.05, 0.1) is 28.5 Å². The average molecular weight is 417 g/mol. The van der Waals surface area contributed by atoms with Crippen LogP contribution in [0.2, 0.25) is 5.02 Å². The second-order valence-electron chi connectivity index (χ2n) is 7.09. The van der Waals surface area contributed by atoms with Crippen molar-refractivity contribution in [3.05, 3.63) is 62.8 Å². The maximum Gasteiger partial charge on any atom is 0.273 e. The normalized spacial score (nSPS) is 11.0. The van der Waals surface area contributed by atoms with E-state index in [9.17, 15) is 4.79 Å². The van der Waals surface area contributed by atoms with E-state index in [2.05, 4.69) is 21.6 Å². The molecule has 0 atom stereocenters. The molecule has 0 unspecified atom stereocenters. The number of amides is 1. The van der Waals surface area contributed by atoms with Gasteiger partial charge in [-0.1, -0.05) is 34.5 Å². The molecule has 8 heteroatoms. The van der Waals surface area contributed by atoms with Gasteiger partial charge in [-0.05, 0) is 46.2 Å². The molecule has 2 heterocycles. The van der Waals surface area contributed by atoms with Crippen LogP contribution in [0.5, 0.6) is 5.75 Å². The van der Waals surface area contributed by atoms with Crippen molar-refractivity contribution < 1.29 is 14.1 Å². The van der Waals surface area contributed by atoms with E-state index in [4.69, 9.17) is 20.9 Å². The molecule has 2 aromatic heterocycles. The van der Waals surface area contributed by atoms with Gasteiger partial charge >= 0.3 is 0 Å². The molecule has 0 aliphatic heterocycles. The molecule has 3 aromatic rings. The molecule has 7 nitrogen and oxygen atoms in total. The van der Waals surface area contributed by atoms with Crippen LogP contribution in [0.1, 0.15) is 44.3 Å². The van der Waals surface area contributed by atoms with Crippen LogP contribution in [0.15, 0.2) is 22.7 Å². The van der Waals surface area contributed by atoms with Crippen LogP contribution in [0, 0.1) is 34.6 Å². The first-order chi connectivity index (χ1) is 13.8. The van der Waals surface area contributed by atoms with Crippen molar-refractivity contribution in [3.8, 4) is 5.75 Å². The van der Waals surface area contributed by atoms with Crippen molar-refractivity contribution >= 4 is 17.5 Å². The van der Waals surface area contributed by atoms with Crippen LogP contribution in [-0.2, 0) is 13.2 Å². The molecular weight excluding hydrogens is 392 g/mol. The first kappa shape index (κ1) is 20.9. The molecule has 0 saturated carbocycles. The number of nitrogens with zero attached hydrogens (tertiary/aromatic N) is 3. The van der Waals surface area contributed by atoms with Crippen molar-refractivity contribution in [2.45, 2.75) is 47.8 Å². The molecule has 29 heavy (non-hydrogen) atoms. The van der Waals surface area contributed by atoms with Crippen LogP contribution in [-0.4, -0.2) is 27.4 Å². The van der Waals surface area contributed by atoms with Gasteiger partial charge in [0.2, 0.25) is 0 Å². The van der Waals surface area contributed by atoms with Gasteiger partial charge < -0.3 is 14.6 Å². The highest BCUT2D eigenvalue weighted by molar-refractivity contribution is 6.31. The van der Waals surface area contributed by atoms with E-state index in [1.165, 1.54) is 5.56 Å². The van der Waals surface area contributed by atoms with Gasteiger partial charge in [-0.15, -0.1) is 0 Å². The number of hydrogen-bond acceptors (Lipinski definition) is 5. The summed E-state index contributed by atoms with van der Waals surface area (Å²) in [6.07, 6.45) is 0. The van der Waals surface area contributed by atoms with Crippen molar-refractivity contribution in [1.82, 2.24) is 20.3 Å². The van der Waals surface area contributed by atoms with Crippen molar-refractivity contribution in [2.75, 3.05) is 6.54 Å². The summed E-state index contributed by atoms with van der Waals surface area (Å²) in [5.74, 6) is 1.02. The Balaban J connectivity index is 1.63. The maximum absolute atomic E-state index is 12.6. The van der Waals surface area contributed by atoms with Gasteiger partial charge in [0.25, 0.3) is 5.91 Å². The standard InChI is InChI=1S/C21H25ClN4O3/c1-12-6-7-18(13(2)10-12)28-11-17-16(5)29-25-20(17)21(27)23-8-9-26-15(4)19(22)14(3)24-26/h6-7,10H,8-9,11H2,1-5H3,(H,23,27). The molecular formula is C21H25ClN4O3. The zero-order valence-electron chi connectivity index (χ0n) is 17.3. The van der Waals surface area contributed by atoms with Crippen LogP contribution in [0.4, 0.5) is 0 Å².